The lowest BCUT2D eigenvalue weighted by atomic mass is 10.0. The van der Waals surface area contributed by atoms with Crippen molar-refractivity contribution in [3.8, 4) is 0 Å². The minimum Gasteiger partial charge on any atom is -0.313 e. The lowest BCUT2D eigenvalue weighted by molar-refractivity contribution is -0.173. The normalized spacial score (nSPS) is 28.9. The van der Waals surface area contributed by atoms with E-state index in [-0.39, 0.29) is 17.9 Å². The van der Waals surface area contributed by atoms with E-state index in [4.69, 9.17) is 4.84 Å². The highest BCUT2D eigenvalue weighted by molar-refractivity contribution is 5.78. The number of amides is 1. The first-order valence-corrected chi connectivity index (χ1v) is 4.22. The minimum absolute atomic E-state index is 0.0648. The molecule has 0 aromatic heterocycles. The maximum atomic E-state index is 11.5. The first-order chi connectivity index (χ1) is 5.66. The fourth-order valence-electron chi connectivity index (χ4n) is 1.52. The molecule has 1 N–H and O–H groups in total. The van der Waals surface area contributed by atoms with Crippen molar-refractivity contribution in [1.82, 2.24) is 10.4 Å². The summed E-state index contributed by atoms with van der Waals surface area (Å²) in [5.74, 6) is 0.143. The van der Waals surface area contributed by atoms with Gasteiger partial charge in [-0.15, -0.1) is 0 Å². The molecular formula is C8H16N2O2. The van der Waals surface area contributed by atoms with Gasteiger partial charge in [0.1, 0.15) is 0 Å². The summed E-state index contributed by atoms with van der Waals surface area (Å²) in [6, 6.07) is 0.273. The van der Waals surface area contributed by atoms with Crippen LogP contribution in [0.3, 0.4) is 0 Å². The van der Waals surface area contributed by atoms with Gasteiger partial charge in [-0.25, -0.2) is 5.06 Å². The van der Waals surface area contributed by atoms with Crippen LogP contribution in [0.25, 0.3) is 0 Å². The number of hydrogen-bond donors (Lipinski definition) is 1. The first kappa shape index (κ1) is 9.48. The maximum absolute atomic E-state index is 11.5. The van der Waals surface area contributed by atoms with E-state index in [0.29, 0.717) is 0 Å². The van der Waals surface area contributed by atoms with Gasteiger partial charge >= 0.3 is 0 Å². The number of hydrogen-bond acceptors (Lipinski definition) is 3. The Labute approximate surface area is 72.8 Å². The lowest BCUT2D eigenvalue weighted by Gasteiger charge is -2.20. The van der Waals surface area contributed by atoms with E-state index in [1.54, 1.807) is 7.05 Å². The molecule has 4 nitrogen and oxygen atoms in total. The van der Waals surface area contributed by atoms with Gasteiger partial charge in [0.15, 0.2) is 0 Å². The standard InChI is InChI=1S/C8H16N2O2/c1-6-7(4-5-9-6)8(11)10(2)12-3/h6-7,9H,4-5H2,1-3H3. The predicted octanol–water partition coefficient (Wildman–Crippen LogP) is 0.00420. The third kappa shape index (κ3) is 1.76. The summed E-state index contributed by atoms with van der Waals surface area (Å²) in [5, 5.41) is 4.53. The van der Waals surface area contributed by atoms with Crippen molar-refractivity contribution in [2.45, 2.75) is 19.4 Å². The van der Waals surface area contributed by atoms with Crippen LogP contribution in [-0.4, -0.2) is 37.7 Å². The molecule has 70 valence electrons. The summed E-state index contributed by atoms with van der Waals surface area (Å²) in [5.41, 5.74) is 0. The smallest absolute Gasteiger partial charge is 0.250 e. The predicted molar refractivity (Wildman–Crippen MR) is 45.4 cm³/mol. The Balaban J connectivity index is 2.51. The topological polar surface area (TPSA) is 41.6 Å². The van der Waals surface area contributed by atoms with Crippen LogP contribution in [0.15, 0.2) is 0 Å². The maximum Gasteiger partial charge on any atom is 0.250 e. The van der Waals surface area contributed by atoms with Crippen LogP contribution >= 0.6 is 0 Å². The van der Waals surface area contributed by atoms with Crippen molar-refractivity contribution in [1.29, 1.82) is 0 Å². The fraction of sp³-hybridized carbons (Fsp3) is 0.875. The molecule has 1 saturated heterocycles. The SMILES string of the molecule is CON(C)C(=O)C1CCNC1C. The van der Waals surface area contributed by atoms with Gasteiger partial charge in [0.2, 0.25) is 0 Å². The Morgan fingerprint density at radius 2 is 2.33 bits per heavy atom. The zero-order valence-corrected chi connectivity index (χ0v) is 7.83. The second kappa shape index (κ2) is 3.87. The zero-order chi connectivity index (χ0) is 9.14. The van der Waals surface area contributed by atoms with Crippen molar-refractivity contribution in [2.24, 2.45) is 5.92 Å². The monoisotopic (exact) mass is 172 g/mol. The van der Waals surface area contributed by atoms with Crippen molar-refractivity contribution in [3.63, 3.8) is 0 Å². The Morgan fingerprint density at radius 3 is 2.75 bits per heavy atom. The van der Waals surface area contributed by atoms with Crippen LogP contribution in [0.4, 0.5) is 0 Å². The quantitative estimate of drug-likeness (QED) is 0.596. The molecule has 2 unspecified atom stereocenters. The molecule has 1 amide bonds. The number of nitrogens with zero attached hydrogens (tertiary/aromatic N) is 1. The van der Waals surface area contributed by atoms with Crippen molar-refractivity contribution < 1.29 is 9.63 Å². The number of hydroxylamine groups is 2. The largest absolute Gasteiger partial charge is 0.313 e. The van der Waals surface area contributed by atoms with Crippen LogP contribution in [0.1, 0.15) is 13.3 Å². The Bertz CT molecular complexity index is 172. The molecule has 0 aromatic rings. The first-order valence-electron chi connectivity index (χ1n) is 4.22. The van der Waals surface area contributed by atoms with Gasteiger partial charge in [-0.05, 0) is 19.9 Å². The summed E-state index contributed by atoms with van der Waals surface area (Å²) >= 11 is 0. The third-order valence-electron chi connectivity index (χ3n) is 2.43. The third-order valence-corrected chi connectivity index (χ3v) is 2.43. The van der Waals surface area contributed by atoms with Gasteiger partial charge in [0, 0.05) is 13.1 Å². The van der Waals surface area contributed by atoms with Gasteiger partial charge in [-0.3, -0.25) is 9.63 Å². The molecule has 0 radical (unpaired) electrons. The molecule has 12 heavy (non-hydrogen) atoms. The molecule has 1 rings (SSSR count). The molecule has 0 aliphatic carbocycles. The second-order valence-corrected chi connectivity index (χ2v) is 3.16. The average molecular weight is 172 g/mol. The summed E-state index contributed by atoms with van der Waals surface area (Å²) in [6.45, 7) is 2.95. The molecule has 0 saturated carbocycles. The van der Waals surface area contributed by atoms with E-state index >= 15 is 0 Å². The molecule has 1 aliphatic heterocycles. The molecule has 4 heteroatoms. The van der Waals surface area contributed by atoms with E-state index in [1.165, 1.54) is 12.2 Å². The zero-order valence-electron chi connectivity index (χ0n) is 7.83. The van der Waals surface area contributed by atoms with E-state index in [9.17, 15) is 4.79 Å². The van der Waals surface area contributed by atoms with E-state index in [0.717, 1.165) is 13.0 Å². The molecule has 0 spiro atoms. The van der Waals surface area contributed by atoms with Crippen molar-refractivity contribution in [2.75, 3.05) is 20.7 Å². The van der Waals surface area contributed by atoms with Crippen LogP contribution in [0, 0.1) is 5.92 Å². The van der Waals surface area contributed by atoms with Crippen LogP contribution in [-0.2, 0) is 9.63 Å². The summed E-state index contributed by atoms with van der Waals surface area (Å²) < 4.78 is 0. The highest BCUT2D eigenvalue weighted by Crippen LogP contribution is 2.17. The van der Waals surface area contributed by atoms with Gasteiger partial charge < -0.3 is 5.32 Å². The van der Waals surface area contributed by atoms with Crippen LogP contribution in [0.5, 0.6) is 0 Å². The number of rotatable bonds is 2. The molecular weight excluding hydrogens is 156 g/mol. The van der Waals surface area contributed by atoms with Gasteiger partial charge in [0.05, 0.1) is 13.0 Å². The Hall–Kier alpha value is -0.610. The van der Waals surface area contributed by atoms with Crippen LogP contribution < -0.4 is 5.32 Å². The van der Waals surface area contributed by atoms with E-state index in [2.05, 4.69) is 5.32 Å². The minimum atomic E-state index is 0.0648. The number of nitrogens with one attached hydrogen (secondary N) is 1. The molecule has 0 aromatic carbocycles. The summed E-state index contributed by atoms with van der Waals surface area (Å²) in [7, 11) is 3.15. The van der Waals surface area contributed by atoms with E-state index in [1.807, 2.05) is 6.92 Å². The van der Waals surface area contributed by atoms with Crippen LogP contribution in [0.2, 0.25) is 0 Å². The summed E-state index contributed by atoms with van der Waals surface area (Å²) in [6.07, 6.45) is 0.910. The second-order valence-electron chi connectivity index (χ2n) is 3.16. The van der Waals surface area contributed by atoms with Crippen molar-refractivity contribution in [3.05, 3.63) is 0 Å². The van der Waals surface area contributed by atoms with E-state index < -0.39 is 0 Å². The Morgan fingerprint density at radius 1 is 1.67 bits per heavy atom. The van der Waals surface area contributed by atoms with Crippen molar-refractivity contribution >= 4 is 5.91 Å². The fourth-order valence-corrected chi connectivity index (χ4v) is 1.52. The molecule has 0 bridgehead atoms. The molecule has 1 fully saturated rings. The molecule has 1 heterocycles. The highest BCUT2D eigenvalue weighted by Gasteiger charge is 2.31. The van der Waals surface area contributed by atoms with Gasteiger partial charge in [0.25, 0.3) is 5.91 Å². The number of carbonyl (C=O) groups excluding carboxylic acids is 1. The van der Waals surface area contributed by atoms with Gasteiger partial charge in [-0.1, -0.05) is 0 Å². The highest BCUT2D eigenvalue weighted by atomic mass is 16.7. The van der Waals surface area contributed by atoms with Gasteiger partial charge in [-0.2, -0.15) is 0 Å². The summed E-state index contributed by atoms with van der Waals surface area (Å²) in [4.78, 5) is 16.4. The lowest BCUT2D eigenvalue weighted by Crippen LogP contribution is -2.37. The number of carbonyl (C=O) groups is 1. The Kier molecular flexibility index (Phi) is 3.05. The molecule has 1 aliphatic rings. The average Bonchev–Trinajstić information content (AvgIpc) is 2.48. The molecule has 2 atom stereocenters.